The molecule has 14 heteroatoms. The Balaban J connectivity index is 0.000000153. The zero-order chi connectivity index (χ0) is 29.1. The van der Waals surface area contributed by atoms with E-state index in [1.807, 2.05) is 12.3 Å². The Morgan fingerprint density at radius 3 is 2.33 bits per heavy atom. The quantitative estimate of drug-likeness (QED) is 0.178. The lowest BCUT2D eigenvalue weighted by Crippen LogP contribution is -2.30. The van der Waals surface area contributed by atoms with Crippen molar-refractivity contribution >= 4 is 53.0 Å². The van der Waals surface area contributed by atoms with Gasteiger partial charge in [-0.1, -0.05) is 17.7 Å². The van der Waals surface area contributed by atoms with Gasteiger partial charge in [-0.25, -0.2) is 18.8 Å². The molecule has 7 rings (SSSR count). The van der Waals surface area contributed by atoms with E-state index < -0.39 is 11.9 Å². The summed E-state index contributed by atoms with van der Waals surface area (Å²) < 4.78 is 8.75. The minimum Gasteiger partial charge on any atom is -0.439 e. The molecular weight excluding hydrogens is 562 g/mol. The summed E-state index contributed by atoms with van der Waals surface area (Å²) in [7, 11) is 0. The highest BCUT2D eigenvalue weighted by atomic mass is 35.5. The van der Waals surface area contributed by atoms with Gasteiger partial charge in [-0.15, -0.1) is 0 Å². The second kappa shape index (κ2) is 11.7. The number of hydrogen-bond acceptors (Lipinski definition) is 9. The fraction of sp³-hybridized carbons (Fsp3) is 0.179. The van der Waals surface area contributed by atoms with Crippen molar-refractivity contribution in [2.75, 3.05) is 18.0 Å². The van der Waals surface area contributed by atoms with E-state index >= 15 is 0 Å². The number of nitrogens with zero attached hydrogens (tertiary/aromatic N) is 7. The number of piperidine rings is 1. The lowest BCUT2D eigenvalue weighted by molar-refractivity contribution is -0.115. The molecule has 2 aliphatic heterocycles. The smallest absolute Gasteiger partial charge is 0.326 e. The number of urea groups is 1. The first kappa shape index (κ1) is 26.9. The maximum absolute atomic E-state index is 11.6. The van der Waals surface area contributed by atoms with Crippen molar-refractivity contribution in [2.45, 2.75) is 19.3 Å². The average molecular weight is 586 g/mol. The highest BCUT2D eigenvalue weighted by molar-refractivity contribution is 6.30. The number of rotatable bonds is 5. The fourth-order valence-electron chi connectivity index (χ4n) is 4.58. The first-order valence-corrected chi connectivity index (χ1v) is 13.5. The van der Waals surface area contributed by atoms with Crippen LogP contribution in [0.2, 0.25) is 5.02 Å². The second-order valence-electron chi connectivity index (χ2n) is 9.48. The van der Waals surface area contributed by atoms with Crippen LogP contribution in [0, 0.1) is 0 Å². The number of carbonyl (C=O) groups excluding carboxylic acids is 3. The lowest BCUT2D eigenvalue weighted by atomic mass is 10.1. The highest BCUT2D eigenvalue weighted by Gasteiger charge is 2.23. The number of carbonyl (C=O) groups is 3. The van der Waals surface area contributed by atoms with Crippen LogP contribution >= 0.6 is 11.6 Å². The largest absolute Gasteiger partial charge is 0.439 e. The van der Waals surface area contributed by atoms with E-state index in [0.717, 1.165) is 18.9 Å². The predicted molar refractivity (Wildman–Crippen MR) is 154 cm³/mol. The number of halogens is 1. The molecule has 2 saturated heterocycles. The van der Waals surface area contributed by atoms with Crippen molar-refractivity contribution in [3.05, 3.63) is 83.0 Å². The molecule has 0 saturated carbocycles. The van der Waals surface area contributed by atoms with Crippen LogP contribution in [-0.4, -0.2) is 60.5 Å². The van der Waals surface area contributed by atoms with Gasteiger partial charge in [-0.3, -0.25) is 14.9 Å². The molecule has 212 valence electrons. The number of nitrogens with one attached hydrogen (secondary N) is 2. The summed E-state index contributed by atoms with van der Waals surface area (Å²) in [6.07, 6.45) is 12.5. The maximum Gasteiger partial charge on any atom is 0.326 e. The van der Waals surface area contributed by atoms with Crippen LogP contribution in [0.15, 0.2) is 66.9 Å². The van der Waals surface area contributed by atoms with E-state index in [0.29, 0.717) is 45.4 Å². The van der Waals surface area contributed by atoms with Gasteiger partial charge in [0.15, 0.2) is 17.6 Å². The van der Waals surface area contributed by atoms with Crippen LogP contribution in [0.25, 0.3) is 17.4 Å². The van der Waals surface area contributed by atoms with E-state index in [9.17, 15) is 14.4 Å². The Morgan fingerprint density at radius 1 is 0.881 bits per heavy atom. The number of benzene rings is 1. The van der Waals surface area contributed by atoms with E-state index in [-0.39, 0.29) is 5.70 Å². The molecule has 5 aromatic rings. The number of anilines is 1. The third-order valence-electron chi connectivity index (χ3n) is 6.60. The second-order valence-corrected chi connectivity index (χ2v) is 9.92. The summed E-state index contributed by atoms with van der Waals surface area (Å²) in [5.74, 6) is 1.42. The monoisotopic (exact) mass is 585 g/mol. The number of aldehydes is 1. The standard InChI is InChI=1S/C15H16N6O2.C13H8ClN3O2/c22-14-11(17-15(23)19-14)8-10-9-16-21-7-4-12(18-13(10)21)20-5-2-1-3-6-20;14-10-2-1-3-11(6-10)19-12-4-5-17-13(16-12)9(8-18)7-15-17/h4,7-9H,1-3,5-6H2,(H2,17,19,22,23);1-8H/b11-8-;. The van der Waals surface area contributed by atoms with Gasteiger partial charge in [-0.2, -0.15) is 15.2 Å². The van der Waals surface area contributed by atoms with Crippen LogP contribution in [-0.2, 0) is 4.79 Å². The Hall–Kier alpha value is -5.30. The molecule has 6 heterocycles. The molecule has 0 aliphatic carbocycles. The topological polar surface area (TPSA) is 148 Å². The van der Waals surface area contributed by atoms with Gasteiger partial charge in [0.05, 0.1) is 18.0 Å². The molecule has 0 spiro atoms. The van der Waals surface area contributed by atoms with Crippen molar-refractivity contribution < 1.29 is 19.1 Å². The summed E-state index contributed by atoms with van der Waals surface area (Å²) >= 11 is 5.88. The molecule has 13 nitrogen and oxygen atoms in total. The molecule has 3 amide bonds. The normalized spacial score (nSPS) is 15.8. The van der Waals surface area contributed by atoms with Crippen LogP contribution in [0.3, 0.4) is 0 Å². The van der Waals surface area contributed by atoms with Gasteiger partial charge in [0, 0.05) is 42.1 Å². The number of amides is 3. The zero-order valence-electron chi connectivity index (χ0n) is 22.1. The summed E-state index contributed by atoms with van der Waals surface area (Å²) in [5, 5.41) is 13.5. The Morgan fingerprint density at radius 2 is 1.62 bits per heavy atom. The molecule has 0 unspecified atom stereocenters. The van der Waals surface area contributed by atoms with Gasteiger partial charge < -0.3 is 15.0 Å². The Kier molecular flexibility index (Phi) is 7.47. The summed E-state index contributed by atoms with van der Waals surface area (Å²) in [6.45, 7) is 2.01. The van der Waals surface area contributed by atoms with E-state index in [1.54, 1.807) is 53.3 Å². The first-order chi connectivity index (χ1) is 20.5. The van der Waals surface area contributed by atoms with Crippen molar-refractivity contribution in [1.82, 2.24) is 39.8 Å². The molecule has 42 heavy (non-hydrogen) atoms. The SMILES string of the molecule is O=C1NC(=O)/C(=C/c2cnn3ccc(N4CCCCC4)nc23)N1.O=Cc1cnn2ccc(Oc3cccc(Cl)c3)nc12. The van der Waals surface area contributed by atoms with E-state index in [4.69, 9.17) is 16.3 Å². The summed E-state index contributed by atoms with van der Waals surface area (Å²) in [5.41, 5.74) is 2.42. The van der Waals surface area contributed by atoms with Crippen LogP contribution < -0.4 is 20.3 Å². The molecule has 0 atom stereocenters. The molecule has 1 aromatic carbocycles. The van der Waals surface area contributed by atoms with Gasteiger partial charge in [0.2, 0.25) is 5.88 Å². The van der Waals surface area contributed by atoms with Crippen molar-refractivity contribution in [3.8, 4) is 11.6 Å². The van der Waals surface area contributed by atoms with E-state index in [1.165, 1.54) is 30.0 Å². The Labute approximate surface area is 243 Å². The molecule has 2 aliphatic rings. The van der Waals surface area contributed by atoms with Crippen molar-refractivity contribution in [1.29, 1.82) is 0 Å². The predicted octanol–water partition coefficient (Wildman–Crippen LogP) is 3.89. The van der Waals surface area contributed by atoms with Gasteiger partial charge >= 0.3 is 6.03 Å². The number of imide groups is 1. The summed E-state index contributed by atoms with van der Waals surface area (Å²) in [4.78, 5) is 44.9. The molecule has 2 fully saturated rings. The number of aromatic nitrogens is 6. The molecular formula is C28H24ClN9O4. The van der Waals surface area contributed by atoms with Crippen LogP contribution in [0.1, 0.15) is 35.2 Å². The van der Waals surface area contributed by atoms with E-state index in [2.05, 4.69) is 35.7 Å². The fourth-order valence-corrected chi connectivity index (χ4v) is 4.76. The minimum atomic E-state index is -0.514. The number of hydrogen-bond donors (Lipinski definition) is 2. The number of fused-ring (bicyclic) bond motifs is 2. The Bertz CT molecular complexity index is 1840. The minimum absolute atomic E-state index is 0.204. The molecule has 2 N–H and O–H groups in total. The molecule has 4 aromatic heterocycles. The first-order valence-electron chi connectivity index (χ1n) is 13.1. The average Bonchev–Trinajstić information content (AvgIpc) is 3.69. The zero-order valence-corrected chi connectivity index (χ0v) is 22.9. The number of ether oxygens (including phenoxy) is 1. The third-order valence-corrected chi connectivity index (χ3v) is 6.83. The highest BCUT2D eigenvalue weighted by Crippen LogP contribution is 2.24. The molecule has 0 bridgehead atoms. The third kappa shape index (κ3) is 5.76. The van der Waals surface area contributed by atoms with Gasteiger partial charge in [0.25, 0.3) is 5.91 Å². The maximum atomic E-state index is 11.6. The van der Waals surface area contributed by atoms with Gasteiger partial charge in [0.1, 0.15) is 17.3 Å². The summed E-state index contributed by atoms with van der Waals surface area (Å²) in [6, 6.07) is 10.1. The molecule has 0 radical (unpaired) electrons. The van der Waals surface area contributed by atoms with Crippen molar-refractivity contribution in [2.24, 2.45) is 0 Å². The van der Waals surface area contributed by atoms with Crippen LogP contribution in [0.5, 0.6) is 11.6 Å². The lowest BCUT2D eigenvalue weighted by Gasteiger charge is -2.27. The van der Waals surface area contributed by atoms with Crippen molar-refractivity contribution in [3.63, 3.8) is 0 Å². The van der Waals surface area contributed by atoms with Crippen LogP contribution in [0.4, 0.5) is 10.6 Å². The van der Waals surface area contributed by atoms with Gasteiger partial charge in [-0.05, 0) is 49.6 Å².